The second-order valence-corrected chi connectivity index (χ2v) is 5.61. The summed E-state index contributed by atoms with van der Waals surface area (Å²) < 4.78 is 0. The number of aldehydes is 1. The van der Waals surface area contributed by atoms with E-state index < -0.39 is 0 Å². The number of nitrogens with zero attached hydrogens (tertiary/aromatic N) is 2. The number of carbonyl (C=O) groups is 2. The van der Waals surface area contributed by atoms with E-state index in [2.05, 4.69) is 32.9 Å². The molecule has 22 heavy (non-hydrogen) atoms. The van der Waals surface area contributed by atoms with Gasteiger partial charge in [-0.1, -0.05) is 35.5 Å². The lowest BCUT2D eigenvalue weighted by molar-refractivity contribution is -0.131. The predicted molar refractivity (Wildman–Crippen MR) is 80.3 cm³/mol. The number of aromatic nitrogens is 3. The Hall–Kier alpha value is -2.34. The lowest BCUT2D eigenvalue weighted by atomic mass is 9.78. The van der Waals surface area contributed by atoms with E-state index in [9.17, 15) is 9.59 Å². The Labute approximate surface area is 128 Å². The highest BCUT2D eigenvalue weighted by Gasteiger charge is 2.32. The number of rotatable bonds is 5. The molecule has 3 atom stereocenters. The van der Waals surface area contributed by atoms with Crippen LogP contribution < -0.4 is 5.32 Å². The Morgan fingerprint density at radius 1 is 1.27 bits per heavy atom. The maximum Gasteiger partial charge on any atom is 0.211 e. The fraction of sp³-hybridized carbons (Fsp3) is 0.375. The average Bonchev–Trinajstić information content (AvgIpc) is 3.10. The van der Waals surface area contributed by atoms with Gasteiger partial charge in [-0.25, -0.2) is 0 Å². The van der Waals surface area contributed by atoms with E-state index in [-0.39, 0.29) is 17.7 Å². The summed E-state index contributed by atoms with van der Waals surface area (Å²) in [5.41, 5.74) is 2.08. The molecule has 0 aliphatic carbocycles. The van der Waals surface area contributed by atoms with Gasteiger partial charge in [0.1, 0.15) is 0 Å². The molecule has 3 unspecified atom stereocenters. The van der Waals surface area contributed by atoms with Crippen molar-refractivity contribution >= 4 is 12.1 Å². The quantitative estimate of drug-likeness (QED) is 0.637. The number of aromatic amines is 1. The minimum absolute atomic E-state index is 0.125. The number of carbonyl (C=O) groups excluding carboxylic acids is 2. The molecule has 0 radical (unpaired) electrons. The van der Waals surface area contributed by atoms with Gasteiger partial charge in [-0.2, -0.15) is 0 Å². The molecule has 0 saturated carbocycles. The number of ketones is 1. The summed E-state index contributed by atoms with van der Waals surface area (Å²) in [5, 5.41) is 14.0. The summed E-state index contributed by atoms with van der Waals surface area (Å²) in [7, 11) is 0. The van der Waals surface area contributed by atoms with Crippen molar-refractivity contribution in [3.63, 3.8) is 0 Å². The number of H-pyrrole nitrogens is 1. The first kappa shape index (κ1) is 14.6. The third kappa shape index (κ3) is 2.96. The molecule has 0 amide bonds. The van der Waals surface area contributed by atoms with Crippen LogP contribution in [0.3, 0.4) is 0 Å². The van der Waals surface area contributed by atoms with E-state index >= 15 is 0 Å². The van der Waals surface area contributed by atoms with Gasteiger partial charge in [-0.05, 0) is 30.9 Å². The van der Waals surface area contributed by atoms with Crippen LogP contribution in [-0.2, 0) is 9.59 Å². The zero-order valence-electron chi connectivity index (χ0n) is 12.1. The van der Waals surface area contributed by atoms with Gasteiger partial charge in [0.25, 0.3) is 0 Å². The Morgan fingerprint density at radius 2 is 2.09 bits per heavy atom. The molecule has 2 aromatic rings. The molecule has 114 valence electrons. The number of hydrogen-bond acceptors (Lipinski definition) is 5. The highest BCUT2D eigenvalue weighted by Crippen LogP contribution is 2.34. The smallest absolute Gasteiger partial charge is 0.211 e. The van der Waals surface area contributed by atoms with Gasteiger partial charge in [-0.3, -0.25) is 14.7 Å². The summed E-state index contributed by atoms with van der Waals surface area (Å²) in [6.07, 6.45) is 3.76. The third-order valence-corrected chi connectivity index (χ3v) is 4.30. The molecule has 1 aliphatic heterocycles. The van der Waals surface area contributed by atoms with Gasteiger partial charge in [0.05, 0.1) is 11.7 Å². The maximum atomic E-state index is 11.5. The van der Waals surface area contributed by atoms with E-state index in [4.69, 9.17) is 0 Å². The Balaban J connectivity index is 1.80. The fourth-order valence-corrected chi connectivity index (χ4v) is 3.20. The van der Waals surface area contributed by atoms with Crippen LogP contribution >= 0.6 is 0 Å². The molecule has 0 bridgehead atoms. The number of piperidine rings is 1. The standard InChI is InChI=1S/C16H18N4O2/c21-10-15(22)13-7-6-12(8-17-13)16(14-9-18-20-19-14)11-4-2-1-3-5-11/h1-5,9-10,12-13,16-17H,6-8H2,(H,18,19,20). The van der Waals surface area contributed by atoms with E-state index in [0.717, 1.165) is 12.1 Å². The summed E-state index contributed by atoms with van der Waals surface area (Å²) >= 11 is 0. The van der Waals surface area contributed by atoms with Crippen molar-refractivity contribution < 1.29 is 9.59 Å². The lowest BCUT2D eigenvalue weighted by Crippen LogP contribution is -2.45. The van der Waals surface area contributed by atoms with Crippen LogP contribution in [0.5, 0.6) is 0 Å². The van der Waals surface area contributed by atoms with E-state index in [1.807, 2.05) is 24.4 Å². The van der Waals surface area contributed by atoms with Gasteiger partial charge in [-0.15, -0.1) is 5.10 Å². The van der Waals surface area contributed by atoms with Crippen LogP contribution in [0, 0.1) is 5.92 Å². The van der Waals surface area contributed by atoms with Gasteiger partial charge < -0.3 is 5.32 Å². The number of nitrogens with one attached hydrogen (secondary N) is 2. The molecule has 3 rings (SSSR count). The molecular weight excluding hydrogens is 280 g/mol. The van der Waals surface area contributed by atoms with Crippen molar-refractivity contribution in [2.24, 2.45) is 5.92 Å². The molecule has 0 spiro atoms. The summed E-state index contributed by atoms with van der Waals surface area (Å²) in [5.74, 6) is 0.0686. The van der Waals surface area contributed by atoms with Gasteiger partial charge >= 0.3 is 0 Å². The molecule has 1 fully saturated rings. The van der Waals surface area contributed by atoms with Crippen LogP contribution in [-0.4, -0.2) is 40.1 Å². The van der Waals surface area contributed by atoms with Crippen molar-refractivity contribution in [1.82, 2.24) is 20.7 Å². The van der Waals surface area contributed by atoms with E-state index in [1.165, 1.54) is 5.56 Å². The molecule has 1 aromatic heterocycles. The molecule has 1 aromatic carbocycles. The second-order valence-electron chi connectivity index (χ2n) is 5.61. The normalized spacial score (nSPS) is 22.9. The Morgan fingerprint density at radius 3 is 2.68 bits per heavy atom. The first-order valence-corrected chi connectivity index (χ1v) is 7.43. The van der Waals surface area contributed by atoms with Crippen molar-refractivity contribution in [2.45, 2.75) is 24.8 Å². The van der Waals surface area contributed by atoms with Crippen LogP contribution in [0.2, 0.25) is 0 Å². The van der Waals surface area contributed by atoms with Gasteiger partial charge in [0, 0.05) is 12.1 Å². The van der Waals surface area contributed by atoms with Gasteiger partial charge in [0.2, 0.25) is 5.78 Å². The monoisotopic (exact) mass is 298 g/mol. The lowest BCUT2D eigenvalue weighted by Gasteiger charge is -2.33. The summed E-state index contributed by atoms with van der Waals surface area (Å²) in [4.78, 5) is 22.1. The Kier molecular flexibility index (Phi) is 4.39. The van der Waals surface area contributed by atoms with Crippen molar-refractivity contribution in [2.75, 3.05) is 6.54 Å². The van der Waals surface area contributed by atoms with Crippen LogP contribution in [0.4, 0.5) is 0 Å². The molecule has 6 heteroatoms. The molecule has 2 heterocycles. The molecular formula is C16H18N4O2. The highest BCUT2D eigenvalue weighted by molar-refractivity contribution is 6.27. The average molecular weight is 298 g/mol. The second kappa shape index (κ2) is 6.62. The zero-order valence-corrected chi connectivity index (χ0v) is 12.1. The van der Waals surface area contributed by atoms with Crippen LogP contribution in [0.25, 0.3) is 0 Å². The number of benzene rings is 1. The predicted octanol–water partition coefficient (Wildman–Crippen LogP) is 1.07. The zero-order chi connectivity index (χ0) is 15.4. The molecule has 1 saturated heterocycles. The molecule has 1 aliphatic rings. The first-order chi connectivity index (χ1) is 10.8. The van der Waals surface area contributed by atoms with Crippen molar-refractivity contribution in [1.29, 1.82) is 0 Å². The van der Waals surface area contributed by atoms with Crippen molar-refractivity contribution in [3.05, 3.63) is 47.8 Å². The fourth-order valence-electron chi connectivity index (χ4n) is 3.20. The number of hydrogen-bond donors (Lipinski definition) is 2. The highest BCUT2D eigenvalue weighted by atomic mass is 16.2. The van der Waals surface area contributed by atoms with Gasteiger partial charge in [0.15, 0.2) is 6.29 Å². The summed E-state index contributed by atoms with van der Waals surface area (Å²) in [6, 6.07) is 9.84. The largest absolute Gasteiger partial charge is 0.307 e. The minimum atomic E-state index is -0.365. The molecule has 6 nitrogen and oxygen atoms in total. The Bertz CT molecular complexity index is 619. The minimum Gasteiger partial charge on any atom is -0.307 e. The maximum absolute atomic E-state index is 11.5. The number of Topliss-reactive ketones (excluding diaryl/α,β-unsaturated/α-hetero) is 1. The van der Waals surface area contributed by atoms with Crippen molar-refractivity contribution in [3.8, 4) is 0 Å². The third-order valence-electron chi connectivity index (χ3n) is 4.30. The van der Waals surface area contributed by atoms with E-state index in [0.29, 0.717) is 25.2 Å². The van der Waals surface area contributed by atoms with E-state index in [1.54, 1.807) is 0 Å². The van der Waals surface area contributed by atoms with Crippen LogP contribution in [0.1, 0.15) is 30.0 Å². The summed E-state index contributed by atoms with van der Waals surface area (Å²) in [6.45, 7) is 0.677. The first-order valence-electron chi connectivity index (χ1n) is 7.43. The SMILES string of the molecule is O=CC(=O)C1CCC(C(c2ccccc2)c2c[nH]nn2)CN1. The topological polar surface area (TPSA) is 87.7 Å². The van der Waals surface area contributed by atoms with Crippen LogP contribution in [0.15, 0.2) is 36.5 Å². The molecule has 2 N–H and O–H groups in total.